The van der Waals surface area contributed by atoms with Gasteiger partial charge in [0.05, 0.1) is 5.56 Å². The molecule has 0 amide bonds. The predicted molar refractivity (Wildman–Crippen MR) is 55.3 cm³/mol. The highest BCUT2D eigenvalue weighted by atomic mass is 19.4. The van der Waals surface area contributed by atoms with Gasteiger partial charge >= 0.3 is 6.18 Å². The van der Waals surface area contributed by atoms with Crippen molar-refractivity contribution in [3.63, 3.8) is 0 Å². The summed E-state index contributed by atoms with van der Waals surface area (Å²) >= 11 is 0. The van der Waals surface area contributed by atoms with Crippen LogP contribution in [-0.2, 0) is 21.4 Å². The Balaban J connectivity index is 2.31. The highest BCUT2D eigenvalue weighted by Gasteiger charge is 2.66. The SMILES string of the molecule is COC1(c2ccc(C(F)(F)F)cc2)OC1(C)C. The maximum absolute atomic E-state index is 12.4. The fourth-order valence-electron chi connectivity index (χ4n) is 2.02. The molecule has 0 N–H and O–H groups in total. The predicted octanol–water partition coefficient (Wildman–Crippen LogP) is 3.31. The summed E-state index contributed by atoms with van der Waals surface area (Å²) in [5.41, 5.74) is -0.592. The van der Waals surface area contributed by atoms with Crippen molar-refractivity contribution in [3.05, 3.63) is 35.4 Å². The summed E-state index contributed by atoms with van der Waals surface area (Å²) in [7, 11) is 1.48. The summed E-state index contributed by atoms with van der Waals surface area (Å²) in [6.45, 7) is 3.66. The Morgan fingerprint density at radius 1 is 1.12 bits per heavy atom. The van der Waals surface area contributed by atoms with Gasteiger partial charge in [-0.05, 0) is 26.0 Å². The molecule has 94 valence electrons. The monoisotopic (exact) mass is 246 g/mol. The number of hydrogen-bond donors (Lipinski definition) is 0. The second-order valence-corrected chi connectivity index (χ2v) is 4.51. The van der Waals surface area contributed by atoms with Crippen LogP contribution in [0.5, 0.6) is 0 Å². The molecule has 0 aromatic heterocycles. The van der Waals surface area contributed by atoms with E-state index in [0.717, 1.165) is 12.1 Å². The quantitative estimate of drug-likeness (QED) is 0.747. The minimum Gasteiger partial charge on any atom is -0.347 e. The van der Waals surface area contributed by atoms with Gasteiger partial charge in [0.25, 0.3) is 0 Å². The molecule has 2 rings (SSSR count). The molecular formula is C12H13F3O2. The molecule has 0 saturated carbocycles. The molecular weight excluding hydrogens is 233 g/mol. The van der Waals surface area contributed by atoms with Gasteiger partial charge in [-0.25, -0.2) is 0 Å². The van der Waals surface area contributed by atoms with E-state index < -0.39 is 23.1 Å². The van der Waals surface area contributed by atoms with E-state index in [0.29, 0.717) is 5.56 Å². The third kappa shape index (κ3) is 1.83. The summed E-state index contributed by atoms with van der Waals surface area (Å²) in [6, 6.07) is 4.85. The largest absolute Gasteiger partial charge is 0.416 e. The zero-order valence-electron chi connectivity index (χ0n) is 9.76. The van der Waals surface area contributed by atoms with E-state index in [4.69, 9.17) is 9.47 Å². The Labute approximate surface area is 97.3 Å². The van der Waals surface area contributed by atoms with Gasteiger partial charge in [0.15, 0.2) is 0 Å². The van der Waals surface area contributed by atoms with E-state index in [-0.39, 0.29) is 0 Å². The number of ether oxygens (including phenoxy) is 2. The number of alkyl halides is 3. The molecule has 1 aliphatic heterocycles. The van der Waals surface area contributed by atoms with Crippen LogP contribution in [0.2, 0.25) is 0 Å². The molecule has 1 unspecified atom stereocenters. The second-order valence-electron chi connectivity index (χ2n) is 4.51. The third-order valence-corrected chi connectivity index (χ3v) is 3.03. The minimum absolute atomic E-state index is 0.512. The Bertz CT molecular complexity index is 422. The topological polar surface area (TPSA) is 21.8 Å². The van der Waals surface area contributed by atoms with Crippen molar-refractivity contribution in [2.24, 2.45) is 0 Å². The van der Waals surface area contributed by atoms with Crippen molar-refractivity contribution in [2.45, 2.75) is 31.4 Å². The van der Waals surface area contributed by atoms with E-state index >= 15 is 0 Å². The Kier molecular flexibility index (Phi) is 2.52. The molecule has 1 aromatic rings. The van der Waals surface area contributed by atoms with E-state index in [2.05, 4.69) is 0 Å². The summed E-state index contributed by atoms with van der Waals surface area (Å²) in [4.78, 5) is 0. The van der Waals surface area contributed by atoms with E-state index in [1.54, 1.807) is 0 Å². The van der Waals surface area contributed by atoms with Gasteiger partial charge in [0.1, 0.15) is 5.60 Å². The van der Waals surface area contributed by atoms with E-state index in [9.17, 15) is 13.2 Å². The molecule has 1 fully saturated rings. The average Bonchev–Trinajstić information content (AvgIpc) is 2.81. The van der Waals surface area contributed by atoms with Gasteiger partial charge in [0.2, 0.25) is 5.79 Å². The van der Waals surface area contributed by atoms with Gasteiger partial charge in [0, 0.05) is 12.7 Å². The van der Waals surface area contributed by atoms with Crippen LogP contribution < -0.4 is 0 Å². The number of benzene rings is 1. The molecule has 5 heteroatoms. The summed E-state index contributed by atoms with van der Waals surface area (Å²) in [6.07, 6.45) is -4.32. The Morgan fingerprint density at radius 3 is 1.88 bits per heavy atom. The summed E-state index contributed by atoms with van der Waals surface area (Å²) < 4.78 is 47.9. The molecule has 0 spiro atoms. The van der Waals surface area contributed by atoms with Crippen LogP contribution in [0.15, 0.2) is 24.3 Å². The molecule has 0 aliphatic carbocycles. The van der Waals surface area contributed by atoms with Gasteiger partial charge in [-0.15, -0.1) is 0 Å². The zero-order valence-corrected chi connectivity index (χ0v) is 9.76. The molecule has 1 aliphatic rings. The normalized spacial score (nSPS) is 26.9. The van der Waals surface area contributed by atoms with Crippen LogP contribution in [0.3, 0.4) is 0 Å². The zero-order chi connectivity index (χ0) is 12.9. The molecule has 0 bridgehead atoms. The highest BCUT2D eigenvalue weighted by Crippen LogP contribution is 2.55. The van der Waals surface area contributed by atoms with Crippen LogP contribution in [0.4, 0.5) is 13.2 Å². The minimum atomic E-state index is -4.32. The molecule has 1 atom stereocenters. The van der Waals surface area contributed by atoms with E-state index in [1.807, 2.05) is 13.8 Å². The maximum atomic E-state index is 12.4. The van der Waals surface area contributed by atoms with Crippen LogP contribution in [0.25, 0.3) is 0 Å². The summed E-state index contributed by atoms with van der Waals surface area (Å²) in [5.74, 6) is -0.920. The van der Waals surface area contributed by atoms with Crippen LogP contribution in [0, 0.1) is 0 Å². The Morgan fingerprint density at radius 2 is 1.59 bits per heavy atom. The summed E-state index contributed by atoms with van der Waals surface area (Å²) in [5, 5.41) is 0. The lowest BCUT2D eigenvalue weighted by molar-refractivity contribution is -0.137. The van der Waals surface area contributed by atoms with Crippen molar-refractivity contribution >= 4 is 0 Å². The molecule has 17 heavy (non-hydrogen) atoms. The fourth-order valence-corrected chi connectivity index (χ4v) is 2.02. The standard InChI is InChI=1S/C12H13F3O2/c1-10(2)11(16-3,17-10)8-4-6-9(7-5-8)12(13,14)15/h4-7H,1-3H3. The highest BCUT2D eigenvalue weighted by molar-refractivity contribution is 5.33. The van der Waals surface area contributed by atoms with Crippen molar-refractivity contribution in [3.8, 4) is 0 Å². The van der Waals surface area contributed by atoms with Crippen LogP contribution >= 0.6 is 0 Å². The van der Waals surface area contributed by atoms with Crippen LogP contribution in [0.1, 0.15) is 25.0 Å². The van der Waals surface area contributed by atoms with Gasteiger partial charge in [-0.1, -0.05) is 12.1 Å². The number of halogens is 3. The average molecular weight is 246 g/mol. The van der Waals surface area contributed by atoms with Gasteiger partial charge < -0.3 is 9.47 Å². The molecule has 2 nitrogen and oxygen atoms in total. The number of epoxide rings is 1. The van der Waals surface area contributed by atoms with E-state index in [1.165, 1.54) is 19.2 Å². The number of hydrogen-bond acceptors (Lipinski definition) is 2. The third-order valence-electron chi connectivity index (χ3n) is 3.03. The van der Waals surface area contributed by atoms with Crippen molar-refractivity contribution in [1.29, 1.82) is 0 Å². The van der Waals surface area contributed by atoms with Crippen molar-refractivity contribution in [1.82, 2.24) is 0 Å². The smallest absolute Gasteiger partial charge is 0.347 e. The molecule has 0 radical (unpaired) electrons. The second kappa shape index (κ2) is 3.46. The first-order chi connectivity index (χ1) is 7.73. The fraction of sp³-hybridized carbons (Fsp3) is 0.500. The molecule has 1 saturated heterocycles. The van der Waals surface area contributed by atoms with Crippen molar-refractivity contribution in [2.75, 3.05) is 7.11 Å². The lowest BCUT2D eigenvalue weighted by Gasteiger charge is -2.14. The first-order valence-electron chi connectivity index (χ1n) is 5.16. The van der Waals surface area contributed by atoms with Crippen molar-refractivity contribution < 1.29 is 22.6 Å². The maximum Gasteiger partial charge on any atom is 0.416 e. The number of methoxy groups -OCH3 is 1. The molecule has 1 aromatic carbocycles. The first kappa shape index (κ1) is 12.4. The molecule has 1 heterocycles. The first-order valence-corrected chi connectivity index (χ1v) is 5.16. The lowest BCUT2D eigenvalue weighted by atomic mass is 9.98. The van der Waals surface area contributed by atoms with Gasteiger partial charge in [-0.2, -0.15) is 13.2 Å². The number of rotatable bonds is 2. The Hall–Kier alpha value is -1.07. The van der Waals surface area contributed by atoms with Crippen LogP contribution in [-0.4, -0.2) is 12.7 Å². The van der Waals surface area contributed by atoms with Gasteiger partial charge in [-0.3, -0.25) is 0 Å². The lowest BCUT2D eigenvalue weighted by Crippen LogP contribution is -2.20.